The molecule has 19 heavy (non-hydrogen) atoms. The maximum absolute atomic E-state index is 10.6. The normalized spacial score (nSPS) is 10.6. The molecule has 0 fully saturated rings. The Kier molecular flexibility index (Phi) is 4.57. The van der Waals surface area contributed by atoms with Gasteiger partial charge in [0, 0.05) is 11.3 Å². The highest BCUT2D eigenvalue weighted by Crippen LogP contribution is 2.22. The summed E-state index contributed by atoms with van der Waals surface area (Å²) in [6, 6.07) is 7.46. The molecule has 6 heteroatoms. The van der Waals surface area contributed by atoms with Gasteiger partial charge in [-0.15, -0.1) is 11.8 Å². The number of carbonyl (C=O) groups is 1. The van der Waals surface area contributed by atoms with E-state index in [2.05, 4.69) is 10.1 Å². The van der Waals surface area contributed by atoms with Gasteiger partial charge in [-0.2, -0.15) is 4.98 Å². The van der Waals surface area contributed by atoms with Crippen molar-refractivity contribution in [2.24, 2.45) is 0 Å². The topological polar surface area (TPSA) is 76.2 Å². The van der Waals surface area contributed by atoms with E-state index in [1.54, 1.807) is 11.8 Å². The SMILES string of the molecule is CCc1nc(CSc2ccc(CC(=O)O)cc2)no1. The van der Waals surface area contributed by atoms with Gasteiger partial charge in [0.25, 0.3) is 0 Å². The second-order valence-corrected chi connectivity index (χ2v) is 5.01. The van der Waals surface area contributed by atoms with Crippen LogP contribution in [0.1, 0.15) is 24.2 Å². The van der Waals surface area contributed by atoms with Gasteiger partial charge >= 0.3 is 5.97 Å². The van der Waals surface area contributed by atoms with Gasteiger partial charge in [-0.05, 0) is 17.7 Å². The summed E-state index contributed by atoms with van der Waals surface area (Å²) >= 11 is 1.59. The van der Waals surface area contributed by atoms with E-state index in [0.29, 0.717) is 17.5 Å². The van der Waals surface area contributed by atoms with Crippen LogP contribution in [0.5, 0.6) is 0 Å². The Labute approximate surface area is 115 Å². The lowest BCUT2D eigenvalue weighted by atomic mass is 10.2. The molecule has 2 rings (SSSR count). The average Bonchev–Trinajstić information content (AvgIpc) is 2.85. The second-order valence-electron chi connectivity index (χ2n) is 3.96. The summed E-state index contributed by atoms with van der Waals surface area (Å²) in [7, 11) is 0. The summed E-state index contributed by atoms with van der Waals surface area (Å²) in [5, 5.41) is 12.6. The number of aromatic nitrogens is 2. The van der Waals surface area contributed by atoms with Crippen molar-refractivity contribution >= 4 is 17.7 Å². The molecule has 1 heterocycles. The first-order valence-electron chi connectivity index (χ1n) is 5.92. The second kappa shape index (κ2) is 6.38. The van der Waals surface area contributed by atoms with Gasteiger partial charge in [-0.3, -0.25) is 4.79 Å². The van der Waals surface area contributed by atoms with E-state index in [1.165, 1.54) is 0 Å². The fraction of sp³-hybridized carbons (Fsp3) is 0.308. The van der Waals surface area contributed by atoms with Gasteiger partial charge in [-0.1, -0.05) is 24.2 Å². The Morgan fingerprint density at radius 3 is 2.68 bits per heavy atom. The molecule has 0 saturated carbocycles. The number of carboxylic acid groups (broad SMARTS) is 1. The van der Waals surface area contributed by atoms with E-state index in [-0.39, 0.29) is 6.42 Å². The van der Waals surface area contributed by atoms with Crippen LogP contribution in [0.25, 0.3) is 0 Å². The van der Waals surface area contributed by atoms with Crippen molar-refractivity contribution in [2.75, 3.05) is 0 Å². The third kappa shape index (κ3) is 4.10. The highest BCUT2D eigenvalue weighted by molar-refractivity contribution is 7.98. The molecule has 0 radical (unpaired) electrons. The van der Waals surface area contributed by atoms with Crippen LogP contribution in [0.2, 0.25) is 0 Å². The van der Waals surface area contributed by atoms with Gasteiger partial charge in [0.05, 0.1) is 12.2 Å². The molecule has 100 valence electrons. The minimum Gasteiger partial charge on any atom is -0.481 e. The summed E-state index contributed by atoms with van der Waals surface area (Å²) in [4.78, 5) is 15.8. The minimum absolute atomic E-state index is 0.0512. The fourth-order valence-electron chi connectivity index (χ4n) is 1.52. The molecule has 1 aromatic carbocycles. The van der Waals surface area contributed by atoms with Crippen molar-refractivity contribution in [1.29, 1.82) is 0 Å². The maximum atomic E-state index is 10.6. The Balaban J connectivity index is 1.90. The van der Waals surface area contributed by atoms with Crippen molar-refractivity contribution in [3.63, 3.8) is 0 Å². The van der Waals surface area contributed by atoms with Crippen LogP contribution in [-0.2, 0) is 23.4 Å². The van der Waals surface area contributed by atoms with E-state index in [0.717, 1.165) is 16.9 Å². The molecule has 0 aliphatic carbocycles. The van der Waals surface area contributed by atoms with Gasteiger partial charge < -0.3 is 9.63 Å². The largest absolute Gasteiger partial charge is 0.481 e. The zero-order valence-corrected chi connectivity index (χ0v) is 11.3. The van der Waals surface area contributed by atoms with Crippen LogP contribution in [-0.4, -0.2) is 21.2 Å². The predicted octanol–water partition coefficient (Wildman–Crippen LogP) is 2.55. The summed E-state index contributed by atoms with van der Waals surface area (Å²) < 4.78 is 5.03. The van der Waals surface area contributed by atoms with Crippen LogP contribution in [0.15, 0.2) is 33.7 Å². The zero-order valence-electron chi connectivity index (χ0n) is 10.5. The number of hydrogen-bond acceptors (Lipinski definition) is 5. The van der Waals surface area contributed by atoms with E-state index in [9.17, 15) is 4.79 Å². The summed E-state index contributed by atoms with van der Waals surface area (Å²) in [5.41, 5.74) is 0.796. The highest BCUT2D eigenvalue weighted by atomic mass is 32.2. The number of benzene rings is 1. The van der Waals surface area contributed by atoms with Crippen LogP contribution in [0, 0.1) is 0 Å². The molecule has 0 unspecified atom stereocenters. The number of hydrogen-bond donors (Lipinski definition) is 1. The quantitative estimate of drug-likeness (QED) is 0.818. The third-order valence-electron chi connectivity index (χ3n) is 2.46. The summed E-state index contributed by atoms with van der Waals surface area (Å²) in [6.07, 6.45) is 0.789. The Morgan fingerprint density at radius 2 is 2.11 bits per heavy atom. The summed E-state index contributed by atoms with van der Waals surface area (Å²) in [5.74, 6) is 1.14. The number of thioether (sulfide) groups is 1. The smallest absolute Gasteiger partial charge is 0.307 e. The summed E-state index contributed by atoms with van der Waals surface area (Å²) in [6.45, 7) is 1.96. The van der Waals surface area contributed by atoms with Crippen molar-refractivity contribution in [3.05, 3.63) is 41.5 Å². The molecule has 0 amide bonds. The molecular formula is C13H14N2O3S. The van der Waals surface area contributed by atoms with Crippen molar-refractivity contribution in [1.82, 2.24) is 10.1 Å². The molecule has 0 aliphatic rings. The predicted molar refractivity (Wildman–Crippen MR) is 71.0 cm³/mol. The molecule has 0 bridgehead atoms. The first kappa shape index (κ1) is 13.6. The third-order valence-corrected chi connectivity index (χ3v) is 3.47. The lowest BCUT2D eigenvalue weighted by Gasteiger charge is -2.00. The first-order chi connectivity index (χ1) is 9.17. The average molecular weight is 278 g/mol. The van der Waals surface area contributed by atoms with Crippen LogP contribution in [0.3, 0.4) is 0 Å². The number of aryl methyl sites for hydroxylation is 1. The van der Waals surface area contributed by atoms with Gasteiger partial charge in [0.1, 0.15) is 0 Å². The maximum Gasteiger partial charge on any atom is 0.307 e. The van der Waals surface area contributed by atoms with E-state index < -0.39 is 5.97 Å². The Bertz CT molecular complexity index is 551. The van der Waals surface area contributed by atoms with Crippen LogP contribution in [0.4, 0.5) is 0 Å². The molecule has 0 spiro atoms. The first-order valence-corrected chi connectivity index (χ1v) is 6.91. The lowest BCUT2D eigenvalue weighted by molar-refractivity contribution is -0.136. The fourth-order valence-corrected chi connectivity index (χ4v) is 2.26. The number of rotatable bonds is 6. The van der Waals surface area contributed by atoms with Crippen molar-refractivity contribution in [3.8, 4) is 0 Å². The van der Waals surface area contributed by atoms with Crippen LogP contribution < -0.4 is 0 Å². The van der Waals surface area contributed by atoms with Crippen LogP contribution >= 0.6 is 11.8 Å². The van der Waals surface area contributed by atoms with E-state index in [4.69, 9.17) is 9.63 Å². The number of aliphatic carboxylic acids is 1. The molecule has 0 atom stereocenters. The number of nitrogens with zero attached hydrogens (tertiary/aromatic N) is 2. The number of carboxylic acids is 1. The van der Waals surface area contributed by atoms with Gasteiger partial charge in [0.15, 0.2) is 5.82 Å². The Hall–Kier alpha value is -1.82. The monoisotopic (exact) mass is 278 g/mol. The van der Waals surface area contributed by atoms with Crippen molar-refractivity contribution in [2.45, 2.75) is 30.4 Å². The minimum atomic E-state index is -0.820. The van der Waals surface area contributed by atoms with Gasteiger partial charge in [0.2, 0.25) is 5.89 Å². The zero-order chi connectivity index (χ0) is 13.7. The van der Waals surface area contributed by atoms with Gasteiger partial charge in [-0.25, -0.2) is 0 Å². The Morgan fingerprint density at radius 1 is 1.37 bits per heavy atom. The van der Waals surface area contributed by atoms with Crippen molar-refractivity contribution < 1.29 is 14.4 Å². The standard InChI is InChI=1S/C13H14N2O3S/c1-2-12-14-11(15-18-12)8-19-10-5-3-9(4-6-10)7-13(16)17/h3-6H,2,7-8H2,1H3,(H,16,17). The lowest BCUT2D eigenvalue weighted by Crippen LogP contribution is -1.99. The molecule has 0 saturated heterocycles. The van der Waals surface area contributed by atoms with E-state index in [1.807, 2.05) is 31.2 Å². The molecule has 0 aliphatic heterocycles. The molecule has 5 nitrogen and oxygen atoms in total. The molecule has 1 aromatic heterocycles. The highest BCUT2D eigenvalue weighted by Gasteiger charge is 2.05. The van der Waals surface area contributed by atoms with E-state index >= 15 is 0 Å². The molecular weight excluding hydrogens is 264 g/mol. The molecule has 1 N–H and O–H groups in total. The molecule has 2 aromatic rings.